The quantitative estimate of drug-likeness (QED) is 0.479. The van der Waals surface area contributed by atoms with Crippen LogP contribution < -0.4 is 5.43 Å². The zero-order chi connectivity index (χ0) is 14.6. The molecule has 0 unspecified atom stereocenters. The summed E-state index contributed by atoms with van der Waals surface area (Å²) < 4.78 is 0. The molecule has 0 aliphatic rings. The molecule has 0 atom stereocenters. The average molecular weight is 265 g/mol. The van der Waals surface area contributed by atoms with Gasteiger partial charge >= 0.3 is 5.97 Å². The van der Waals surface area contributed by atoms with E-state index in [4.69, 9.17) is 5.11 Å². The Bertz CT molecular complexity index is 580. The standard InChI is InChI=1S/C11H11N3O5/c1-6-5-8(3-4-9(6)14(18)19)10(15)13-12-7(2)11(16)17/h3-5H,1-2H3,(H,13,15)(H,16,17)/b12-7+. The third-order valence-corrected chi connectivity index (χ3v) is 2.29. The maximum Gasteiger partial charge on any atom is 0.351 e. The van der Waals surface area contributed by atoms with E-state index in [1.165, 1.54) is 32.0 Å². The molecule has 1 aromatic rings. The van der Waals surface area contributed by atoms with Gasteiger partial charge in [-0.2, -0.15) is 5.10 Å². The van der Waals surface area contributed by atoms with E-state index in [2.05, 4.69) is 10.5 Å². The molecule has 0 saturated heterocycles. The number of hydrazone groups is 1. The monoisotopic (exact) mass is 265 g/mol. The van der Waals surface area contributed by atoms with Gasteiger partial charge in [-0.15, -0.1) is 0 Å². The molecule has 0 fully saturated rings. The molecule has 100 valence electrons. The molecule has 0 spiro atoms. The number of carbonyl (C=O) groups excluding carboxylic acids is 1. The second-order valence-corrected chi connectivity index (χ2v) is 3.70. The number of hydrogen-bond acceptors (Lipinski definition) is 5. The highest BCUT2D eigenvalue weighted by atomic mass is 16.6. The number of aryl methyl sites for hydroxylation is 1. The Morgan fingerprint density at radius 3 is 2.53 bits per heavy atom. The molecule has 1 rings (SSSR count). The Kier molecular flexibility index (Phi) is 4.30. The second-order valence-electron chi connectivity index (χ2n) is 3.70. The average Bonchev–Trinajstić information content (AvgIpc) is 2.34. The first kappa shape index (κ1) is 14.3. The van der Waals surface area contributed by atoms with Crippen molar-refractivity contribution in [3.8, 4) is 0 Å². The maximum atomic E-state index is 11.6. The molecule has 0 heterocycles. The molecule has 8 heteroatoms. The number of nitro benzene ring substituents is 1. The highest BCUT2D eigenvalue weighted by Crippen LogP contribution is 2.18. The lowest BCUT2D eigenvalue weighted by Gasteiger charge is -2.02. The summed E-state index contributed by atoms with van der Waals surface area (Å²) in [6.45, 7) is 2.73. The summed E-state index contributed by atoms with van der Waals surface area (Å²) in [5.41, 5.74) is 2.18. The molecule has 0 aliphatic heterocycles. The van der Waals surface area contributed by atoms with Crippen LogP contribution in [0.1, 0.15) is 22.8 Å². The smallest absolute Gasteiger partial charge is 0.351 e. The summed E-state index contributed by atoms with van der Waals surface area (Å²) in [6.07, 6.45) is 0. The number of nitrogens with one attached hydrogen (secondary N) is 1. The van der Waals surface area contributed by atoms with Gasteiger partial charge < -0.3 is 5.11 Å². The van der Waals surface area contributed by atoms with E-state index < -0.39 is 16.8 Å². The van der Waals surface area contributed by atoms with Crippen LogP contribution in [0.2, 0.25) is 0 Å². The zero-order valence-corrected chi connectivity index (χ0v) is 10.2. The van der Waals surface area contributed by atoms with Crippen molar-refractivity contribution in [1.82, 2.24) is 5.43 Å². The van der Waals surface area contributed by atoms with Crippen molar-refractivity contribution < 1.29 is 19.6 Å². The summed E-state index contributed by atoms with van der Waals surface area (Å²) in [5, 5.41) is 22.5. The van der Waals surface area contributed by atoms with Gasteiger partial charge in [0.05, 0.1) is 4.92 Å². The minimum atomic E-state index is -1.25. The van der Waals surface area contributed by atoms with E-state index >= 15 is 0 Å². The minimum Gasteiger partial charge on any atom is -0.477 e. The predicted molar refractivity (Wildman–Crippen MR) is 66.0 cm³/mol. The number of carboxylic acid groups (broad SMARTS) is 1. The topological polar surface area (TPSA) is 122 Å². The normalized spacial score (nSPS) is 10.9. The van der Waals surface area contributed by atoms with E-state index in [0.29, 0.717) is 5.56 Å². The molecular formula is C11H11N3O5. The van der Waals surface area contributed by atoms with Gasteiger partial charge in [0.25, 0.3) is 11.6 Å². The van der Waals surface area contributed by atoms with E-state index in [1.54, 1.807) is 0 Å². The third-order valence-electron chi connectivity index (χ3n) is 2.29. The summed E-state index contributed by atoms with van der Waals surface area (Å²) in [4.78, 5) is 32.1. The van der Waals surface area contributed by atoms with Crippen LogP contribution in [-0.4, -0.2) is 27.6 Å². The van der Waals surface area contributed by atoms with Crippen LogP contribution in [0.25, 0.3) is 0 Å². The Balaban J connectivity index is 2.90. The molecule has 0 radical (unpaired) electrons. The first-order chi connectivity index (χ1) is 8.82. The van der Waals surface area contributed by atoms with Crippen molar-refractivity contribution >= 4 is 23.3 Å². The van der Waals surface area contributed by atoms with Crippen LogP contribution in [0.3, 0.4) is 0 Å². The van der Waals surface area contributed by atoms with Crippen LogP contribution in [0.5, 0.6) is 0 Å². The Hall–Kier alpha value is -2.77. The van der Waals surface area contributed by atoms with E-state index in [-0.39, 0.29) is 17.0 Å². The Morgan fingerprint density at radius 2 is 2.05 bits per heavy atom. The zero-order valence-electron chi connectivity index (χ0n) is 10.2. The largest absolute Gasteiger partial charge is 0.477 e. The lowest BCUT2D eigenvalue weighted by atomic mass is 10.1. The number of amides is 1. The van der Waals surface area contributed by atoms with Gasteiger partial charge in [-0.1, -0.05) is 0 Å². The van der Waals surface area contributed by atoms with Crippen molar-refractivity contribution in [1.29, 1.82) is 0 Å². The first-order valence-electron chi connectivity index (χ1n) is 5.16. The van der Waals surface area contributed by atoms with Gasteiger partial charge in [-0.25, -0.2) is 10.2 Å². The van der Waals surface area contributed by atoms with Crippen molar-refractivity contribution in [2.75, 3.05) is 0 Å². The van der Waals surface area contributed by atoms with Crippen molar-refractivity contribution in [3.63, 3.8) is 0 Å². The highest BCUT2D eigenvalue weighted by molar-refractivity contribution is 6.34. The summed E-state index contributed by atoms with van der Waals surface area (Å²) in [6, 6.07) is 3.81. The van der Waals surface area contributed by atoms with Crippen LogP contribution in [0.15, 0.2) is 23.3 Å². The second kappa shape index (κ2) is 5.71. The predicted octanol–water partition coefficient (Wildman–Crippen LogP) is 1.09. The lowest BCUT2D eigenvalue weighted by molar-refractivity contribution is -0.385. The molecule has 0 aromatic heterocycles. The van der Waals surface area contributed by atoms with Gasteiger partial charge in [0.2, 0.25) is 0 Å². The number of nitro groups is 1. The van der Waals surface area contributed by atoms with Crippen LogP contribution >= 0.6 is 0 Å². The Morgan fingerprint density at radius 1 is 1.42 bits per heavy atom. The fraction of sp³-hybridized carbons (Fsp3) is 0.182. The summed E-state index contributed by atoms with van der Waals surface area (Å²) >= 11 is 0. The van der Waals surface area contributed by atoms with Crippen LogP contribution in [0.4, 0.5) is 5.69 Å². The minimum absolute atomic E-state index is 0.0956. The van der Waals surface area contributed by atoms with Crippen molar-refractivity contribution in [3.05, 3.63) is 39.4 Å². The molecular weight excluding hydrogens is 254 g/mol. The summed E-state index contributed by atoms with van der Waals surface area (Å²) in [5.74, 6) is -1.89. The lowest BCUT2D eigenvalue weighted by Crippen LogP contribution is -2.21. The van der Waals surface area contributed by atoms with Gasteiger partial charge in [-0.05, 0) is 26.0 Å². The number of benzene rings is 1. The van der Waals surface area contributed by atoms with Gasteiger partial charge in [0.1, 0.15) is 5.71 Å². The van der Waals surface area contributed by atoms with E-state index in [9.17, 15) is 19.7 Å². The summed E-state index contributed by atoms with van der Waals surface area (Å²) in [7, 11) is 0. The molecule has 2 N–H and O–H groups in total. The maximum absolute atomic E-state index is 11.6. The Labute approximate surface area is 107 Å². The van der Waals surface area contributed by atoms with E-state index in [0.717, 1.165) is 0 Å². The fourth-order valence-corrected chi connectivity index (χ4v) is 1.25. The number of aliphatic carboxylic acids is 1. The molecule has 8 nitrogen and oxygen atoms in total. The molecule has 1 amide bonds. The van der Waals surface area contributed by atoms with Crippen LogP contribution in [0, 0.1) is 17.0 Å². The molecule has 0 aliphatic carbocycles. The van der Waals surface area contributed by atoms with Gasteiger partial charge in [0.15, 0.2) is 0 Å². The number of rotatable bonds is 4. The van der Waals surface area contributed by atoms with Gasteiger partial charge in [0, 0.05) is 17.2 Å². The SMILES string of the molecule is C/C(=N\NC(=O)c1ccc([N+](=O)[O-])c(C)c1)C(=O)O. The number of nitrogens with zero attached hydrogens (tertiary/aromatic N) is 2. The van der Waals surface area contributed by atoms with Crippen molar-refractivity contribution in [2.24, 2.45) is 5.10 Å². The number of carbonyl (C=O) groups is 2. The van der Waals surface area contributed by atoms with Crippen LogP contribution in [-0.2, 0) is 4.79 Å². The van der Waals surface area contributed by atoms with Crippen molar-refractivity contribution in [2.45, 2.75) is 13.8 Å². The third kappa shape index (κ3) is 3.60. The molecule has 0 bridgehead atoms. The highest BCUT2D eigenvalue weighted by Gasteiger charge is 2.13. The van der Waals surface area contributed by atoms with E-state index in [1.807, 2.05) is 0 Å². The number of carboxylic acids is 1. The van der Waals surface area contributed by atoms with Gasteiger partial charge in [-0.3, -0.25) is 14.9 Å². The fourth-order valence-electron chi connectivity index (χ4n) is 1.25. The molecule has 19 heavy (non-hydrogen) atoms. The molecule has 0 saturated carbocycles. The number of hydrogen-bond donors (Lipinski definition) is 2. The first-order valence-corrected chi connectivity index (χ1v) is 5.16. The molecule has 1 aromatic carbocycles.